The second-order valence-electron chi connectivity index (χ2n) is 0. The summed E-state index contributed by atoms with van der Waals surface area (Å²) in [6, 6.07) is 0. The Morgan fingerprint density at radius 1 is 0.500 bits per heavy atom. The predicted octanol–water partition coefficient (Wildman–Crippen LogP) is 1.80. The maximum atomic E-state index is 0. The monoisotopic (exact) mass is 187 g/mol. The van der Waals surface area contributed by atoms with Crippen molar-refractivity contribution in [2.24, 2.45) is 0 Å². The van der Waals surface area contributed by atoms with Crippen LogP contribution >= 0.6 is 0 Å². The van der Waals surface area contributed by atoms with Crippen molar-refractivity contribution >= 4 is 0 Å². The fraction of sp³-hybridized carbons (Fsp3) is 0. The first-order chi connectivity index (χ1) is 0. The summed E-state index contributed by atoms with van der Waals surface area (Å²) in [5.41, 5.74) is 0. The third-order valence-corrected chi connectivity index (χ3v) is 0. The smallest absolute Gasteiger partial charge is 0 e. The van der Waals surface area contributed by atoms with Crippen LogP contribution < -0.4 is 0 Å². The second kappa shape index (κ2) is 124. The SMILES string of the molecule is [CH3-].[CH3-].[CH3-].[CH3-].[Cu].[Zn]. The molecule has 0 spiro atoms. The Kier molecular flexibility index (Phi) is 4280. The molecule has 45 valence electrons. The van der Waals surface area contributed by atoms with Gasteiger partial charge >= 0.3 is 0 Å². The van der Waals surface area contributed by atoms with Gasteiger partial charge in [0, 0.05) is 36.5 Å². The van der Waals surface area contributed by atoms with Gasteiger partial charge in [0.1, 0.15) is 0 Å². The molecule has 0 aliphatic heterocycles. The Morgan fingerprint density at radius 2 is 0.500 bits per heavy atom. The van der Waals surface area contributed by atoms with E-state index in [-0.39, 0.29) is 66.3 Å². The minimum absolute atomic E-state index is 0. The van der Waals surface area contributed by atoms with Crippen molar-refractivity contribution in [3.8, 4) is 0 Å². The largest absolute Gasteiger partial charge is 0.358 e. The van der Waals surface area contributed by atoms with E-state index < -0.39 is 0 Å². The molecule has 0 aromatic heterocycles. The first kappa shape index (κ1) is 206. The van der Waals surface area contributed by atoms with Crippen molar-refractivity contribution in [2.75, 3.05) is 0 Å². The summed E-state index contributed by atoms with van der Waals surface area (Å²) < 4.78 is 0. The molecule has 2 heteroatoms. The fourth-order valence-corrected chi connectivity index (χ4v) is 0. The molecule has 0 fully saturated rings. The van der Waals surface area contributed by atoms with Gasteiger partial charge in [-0.3, -0.25) is 0 Å². The summed E-state index contributed by atoms with van der Waals surface area (Å²) in [7, 11) is 0. The summed E-state index contributed by atoms with van der Waals surface area (Å²) in [6.45, 7) is 0. The molecule has 0 atom stereocenters. The molecule has 0 nitrogen and oxygen atoms in total. The van der Waals surface area contributed by atoms with Crippen LogP contribution in [0.2, 0.25) is 0 Å². The third-order valence-electron chi connectivity index (χ3n) is 0. The van der Waals surface area contributed by atoms with E-state index in [1.807, 2.05) is 0 Å². The van der Waals surface area contributed by atoms with Crippen LogP contribution in [-0.4, -0.2) is 0 Å². The summed E-state index contributed by atoms with van der Waals surface area (Å²) >= 11 is 0. The minimum atomic E-state index is 0. The molecule has 0 unspecified atom stereocenters. The van der Waals surface area contributed by atoms with E-state index in [9.17, 15) is 0 Å². The van der Waals surface area contributed by atoms with Crippen LogP contribution in [-0.2, 0) is 36.5 Å². The maximum Gasteiger partial charge on any atom is 0 e. The average molecular weight is 189 g/mol. The molecule has 1 radical (unpaired) electrons. The summed E-state index contributed by atoms with van der Waals surface area (Å²) in [5.74, 6) is 0. The van der Waals surface area contributed by atoms with Crippen LogP contribution in [0.25, 0.3) is 0 Å². The third kappa shape index (κ3) is 67.6. The van der Waals surface area contributed by atoms with E-state index in [0.29, 0.717) is 0 Å². The van der Waals surface area contributed by atoms with Gasteiger partial charge < -0.3 is 29.7 Å². The molecule has 0 rings (SSSR count). The quantitative estimate of drug-likeness (QED) is 0.402. The normalized spacial score (nSPS) is 0. The molecule has 0 amide bonds. The number of hydrogen-bond acceptors (Lipinski definition) is 0. The van der Waals surface area contributed by atoms with E-state index in [4.69, 9.17) is 0 Å². The van der Waals surface area contributed by atoms with Crippen molar-refractivity contribution in [3.63, 3.8) is 0 Å². The van der Waals surface area contributed by atoms with E-state index in [2.05, 4.69) is 0 Å². The van der Waals surface area contributed by atoms with Crippen molar-refractivity contribution < 1.29 is 36.5 Å². The van der Waals surface area contributed by atoms with Gasteiger partial charge in [0.2, 0.25) is 0 Å². The summed E-state index contributed by atoms with van der Waals surface area (Å²) in [6.07, 6.45) is 0. The van der Waals surface area contributed by atoms with Gasteiger partial charge in [0.15, 0.2) is 0 Å². The molecular weight excluding hydrogens is 177 g/mol. The Bertz CT molecular complexity index is 7.51. The van der Waals surface area contributed by atoms with Gasteiger partial charge in [-0.2, -0.15) is 0 Å². The number of hydrogen-bond donors (Lipinski definition) is 0. The molecule has 0 aliphatic carbocycles. The zero-order valence-corrected chi connectivity index (χ0v) is 8.92. The van der Waals surface area contributed by atoms with E-state index in [0.717, 1.165) is 0 Å². The van der Waals surface area contributed by atoms with Gasteiger partial charge in [-0.05, 0) is 0 Å². The molecule has 0 heterocycles. The number of rotatable bonds is 0. The molecular formula is C4H12CuZn-4. The van der Waals surface area contributed by atoms with Gasteiger partial charge in [-0.15, -0.1) is 0 Å². The first-order valence-corrected chi connectivity index (χ1v) is 0. The van der Waals surface area contributed by atoms with Gasteiger partial charge in [-0.25, -0.2) is 0 Å². The molecule has 0 aromatic rings. The van der Waals surface area contributed by atoms with Crippen LogP contribution in [0.1, 0.15) is 0 Å². The Hall–Kier alpha value is 1.14. The molecule has 0 aromatic carbocycles. The first-order valence-electron chi connectivity index (χ1n) is 0. The zero-order valence-electron chi connectivity index (χ0n) is 5.01. The van der Waals surface area contributed by atoms with Crippen molar-refractivity contribution in [1.82, 2.24) is 0 Å². The predicted molar refractivity (Wildman–Crippen MR) is 25.7 cm³/mol. The molecule has 0 saturated heterocycles. The molecule has 0 aliphatic rings. The van der Waals surface area contributed by atoms with Gasteiger partial charge in [0.25, 0.3) is 0 Å². The molecule has 0 saturated carbocycles. The van der Waals surface area contributed by atoms with Crippen LogP contribution in [0, 0.1) is 29.7 Å². The standard InChI is InChI=1S/4CH3.Cu.Zn/h4*1H3;;/q4*-1;;. The summed E-state index contributed by atoms with van der Waals surface area (Å²) in [5, 5.41) is 0. The van der Waals surface area contributed by atoms with Crippen molar-refractivity contribution in [2.45, 2.75) is 0 Å². The maximum absolute atomic E-state index is 0. The van der Waals surface area contributed by atoms with Crippen molar-refractivity contribution in [1.29, 1.82) is 0 Å². The van der Waals surface area contributed by atoms with Gasteiger partial charge in [-0.1, -0.05) is 0 Å². The zero-order chi connectivity index (χ0) is 0. The average Bonchev–Trinajstić information content (AvgIpc) is 0. The topological polar surface area (TPSA) is 0 Å². The minimum Gasteiger partial charge on any atom is -0.358 e. The van der Waals surface area contributed by atoms with Crippen LogP contribution in [0.5, 0.6) is 0 Å². The molecule has 0 N–H and O–H groups in total. The van der Waals surface area contributed by atoms with Crippen LogP contribution in [0.3, 0.4) is 0 Å². The molecule has 0 bridgehead atoms. The fourth-order valence-electron chi connectivity index (χ4n) is 0. The van der Waals surface area contributed by atoms with Gasteiger partial charge in [0.05, 0.1) is 0 Å². The Balaban J connectivity index is 0. The van der Waals surface area contributed by atoms with E-state index in [1.165, 1.54) is 0 Å². The Labute approximate surface area is 66.3 Å². The van der Waals surface area contributed by atoms with E-state index >= 15 is 0 Å². The molecule has 6 heavy (non-hydrogen) atoms. The van der Waals surface area contributed by atoms with Crippen LogP contribution in [0.15, 0.2) is 0 Å². The second-order valence-corrected chi connectivity index (χ2v) is 0. The van der Waals surface area contributed by atoms with Crippen LogP contribution in [0.4, 0.5) is 0 Å². The van der Waals surface area contributed by atoms with Crippen molar-refractivity contribution in [3.05, 3.63) is 29.7 Å². The Morgan fingerprint density at radius 3 is 0.500 bits per heavy atom. The summed E-state index contributed by atoms with van der Waals surface area (Å²) in [4.78, 5) is 0. The van der Waals surface area contributed by atoms with E-state index in [1.54, 1.807) is 0 Å².